The largest absolute Gasteiger partial charge is 0.497 e. The Balaban J connectivity index is 1.41. The Bertz CT molecular complexity index is 1300. The zero-order valence-corrected chi connectivity index (χ0v) is 19.5. The first-order chi connectivity index (χ1) is 17.1. The molecule has 8 nitrogen and oxygen atoms in total. The highest BCUT2D eigenvalue weighted by Crippen LogP contribution is 2.38. The lowest BCUT2D eigenvalue weighted by Gasteiger charge is -2.33. The van der Waals surface area contributed by atoms with Crippen molar-refractivity contribution in [3.8, 4) is 11.5 Å². The van der Waals surface area contributed by atoms with E-state index < -0.39 is 11.3 Å². The number of carbonyl (C=O) groups excluding carboxylic acids is 1. The van der Waals surface area contributed by atoms with Crippen molar-refractivity contribution in [1.82, 2.24) is 14.9 Å². The van der Waals surface area contributed by atoms with E-state index in [2.05, 4.69) is 20.9 Å². The minimum atomic E-state index is -0.576. The molecule has 2 heterocycles. The van der Waals surface area contributed by atoms with E-state index in [1.165, 1.54) is 36.0 Å². The average Bonchev–Trinajstić information content (AvgIpc) is 3.30. The van der Waals surface area contributed by atoms with Crippen LogP contribution >= 0.6 is 11.8 Å². The molecule has 0 bridgehead atoms. The number of hydrogen-bond donors (Lipinski definition) is 2. The number of aromatic nitrogens is 3. The predicted octanol–water partition coefficient (Wildman–Crippen LogP) is 4.40. The fourth-order valence-electron chi connectivity index (χ4n) is 3.66. The van der Waals surface area contributed by atoms with Gasteiger partial charge in [0, 0.05) is 5.69 Å². The molecule has 35 heavy (non-hydrogen) atoms. The van der Waals surface area contributed by atoms with Gasteiger partial charge >= 0.3 is 0 Å². The number of thioether (sulfide) groups is 1. The Kier molecular flexibility index (Phi) is 6.53. The molecule has 0 fully saturated rings. The van der Waals surface area contributed by atoms with Gasteiger partial charge in [-0.25, -0.2) is 9.07 Å². The molecule has 3 aromatic carbocycles. The number of nitrogens with one attached hydrogen (secondary N) is 2. The second kappa shape index (κ2) is 10.1. The highest BCUT2D eigenvalue weighted by molar-refractivity contribution is 8.00. The molecule has 0 saturated carbocycles. The highest BCUT2D eigenvalue weighted by Gasteiger charge is 2.38. The minimum absolute atomic E-state index is 0.201. The fraction of sp³-hybridized carbons (Fsp3) is 0.160. The summed E-state index contributed by atoms with van der Waals surface area (Å²) >= 11 is 1.30. The van der Waals surface area contributed by atoms with Gasteiger partial charge in [-0.2, -0.15) is 0 Å². The zero-order valence-electron chi connectivity index (χ0n) is 18.7. The number of rotatable bonds is 7. The van der Waals surface area contributed by atoms with Gasteiger partial charge in [-0.05, 0) is 54.1 Å². The van der Waals surface area contributed by atoms with E-state index in [0.29, 0.717) is 22.4 Å². The summed E-state index contributed by atoms with van der Waals surface area (Å²) in [6, 6.07) is 22.2. The smallest absolute Gasteiger partial charge is 0.240 e. The number of fused-ring (bicyclic) bond motifs is 1. The molecule has 1 aliphatic heterocycles. The summed E-state index contributed by atoms with van der Waals surface area (Å²) in [5.74, 6) is 1.40. The molecule has 1 aromatic heterocycles. The van der Waals surface area contributed by atoms with Crippen molar-refractivity contribution in [2.75, 3.05) is 17.9 Å². The third kappa shape index (κ3) is 5.07. The molecule has 10 heteroatoms. The molecule has 0 radical (unpaired) electrons. The number of carbonyl (C=O) groups is 1. The summed E-state index contributed by atoms with van der Waals surface area (Å²) in [6.07, 6.45) is 0. The Labute approximate surface area is 205 Å². The first-order valence-electron chi connectivity index (χ1n) is 10.9. The molecule has 0 aliphatic carbocycles. The number of para-hydroxylation sites is 1. The Morgan fingerprint density at radius 1 is 1.03 bits per heavy atom. The maximum Gasteiger partial charge on any atom is 0.240 e. The lowest BCUT2D eigenvalue weighted by molar-refractivity contribution is -0.116. The number of anilines is 1. The second-order valence-electron chi connectivity index (χ2n) is 7.75. The van der Waals surface area contributed by atoms with Gasteiger partial charge in [-0.15, -0.1) is 10.2 Å². The normalized spacial score (nSPS) is 16.6. The van der Waals surface area contributed by atoms with Crippen molar-refractivity contribution < 1.29 is 18.7 Å². The van der Waals surface area contributed by atoms with E-state index in [4.69, 9.17) is 9.47 Å². The van der Waals surface area contributed by atoms with E-state index in [0.717, 1.165) is 11.3 Å². The molecule has 2 N–H and O–H groups in total. The molecule has 0 spiro atoms. The minimum Gasteiger partial charge on any atom is -0.497 e. The van der Waals surface area contributed by atoms with Crippen molar-refractivity contribution in [2.45, 2.75) is 23.1 Å². The summed E-state index contributed by atoms with van der Waals surface area (Å²) < 4.78 is 26.2. The number of amides is 1. The molecule has 0 saturated heterocycles. The van der Waals surface area contributed by atoms with Crippen molar-refractivity contribution in [2.24, 2.45) is 0 Å². The maximum atomic E-state index is 13.3. The standard InChI is InChI=1S/C25H22FN5O3S/c1-33-19-13-7-16(8-14-19)22-23(24(32)27-18-11-9-17(26)10-12-18)35-25-29-28-21(31(25)30-22)15-34-20-5-3-2-4-6-20/h2-14,22-23,30H,15H2,1H3,(H,27,32). The zero-order chi connectivity index (χ0) is 24.2. The third-order valence-electron chi connectivity index (χ3n) is 5.46. The highest BCUT2D eigenvalue weighted by atomic mass is 32.2. The molecule has 1 amide bonds. The first-order valence-corrected chi connectivity index (χ1v) is 11.7. The van der Waals surface area contributed by atoms with Crippen molar-refractivity contribution in [3.63, 3.8) is 0 Å². The van der Waals surface area contributed by atoms with Gasteiger partial charge < -0.3 is 20.2 Å². The quantitative estimate of drug-likeness (QED) is 0.396. The first kappa shape index (κ1) is 22.7. The van der Waals surface area contributed by atoms with Crippen LogP contribution in [0, 0.1) is 5.82 Å². The van der Waals surface area contributed by atoms with Gasteiger partial charge in [0.15, 0.2) is 5.82 Å². The van der Waals surface area contributed by atoms with Crippen LogP contribution in [0.4, 0.5) is 10.1 Å². The lowest BCUT2D eigenvalue weighted by atomic mass is 10.0. The summed E-state index contributed by atoms with van der Waals surface area (Å²) in [5, 5.41) is 11.4. The molecule has 2 unspecified atom stereocenters. The topological polar surface area (TPSA) is 90.3 Å². The molecule has 178 valence electrons. The summed E-state index contributed by atoms with van der Waals surface area (Å²) in [6.45, 7) is 0.201. The molecule has 2 atom stereocenters. The molecular weight excluding hydrogens is 469 g/mol. The van der Waals surface area contributed by atoms with Gasteiger partial charge in [0.05, 0.1) is 13.2 Å². The Morgan fingerprint density at radius 3 is 2.49 bits per heavy atom. The van der Waals surface area contributed by atoms with E-state index >= 15 is 0 Å². The SMILES string of the molecule is COc1ccc(C2Nn3c(COc4ccccc4)nnc3SC2C(=O)Nc2ccc(F)cc2)cc1. The summed E-state index contributed by atoms with van der Waals surface area (Å²) in [4.78, 5) is 13.3. The van der Waals surface area contributed by atoms with Gasteiger partial charge in [-0.3, -0.25) is 4.79 Å². The van der Waals surface area contributed by atoms with Crippen LogP contribution in [0.5, 0.6) is 11.5 Å². The molecule has 1 aliphatic rings. The van der Waals surface area contributed by atoms with E-state index in [1.54, 1.807) is 11.8 Å². The van der Waals surface area contributed by atoms with Crippen molar-refractivity contribution in [1.29, 1.82) is 0 Å². The Hall–Kier alpha value is -4.05. The monoisotopic (exact) mass is 491 g/mol. The summed E-state index contributed by atoms with van der Waals surface area (Å²) in [5.41, 5.74) is 4.78. The second-order valence-corrected chi connectivity index (χ2v) is 8.86. The number of nitrogens with zero attached hydrogens (tertiary/aromatic N) is 3. The van der Waals surface area contributed by atoms with Crippen LogP contribution < -0.4 is 20.2 Å². The summed E-state index contributed by atoms with van der Waals surface area (Å²) in [7, 11) is 1.60. The molecule has 4 aromatic rings. The third-order valence-corrected chi connectivity index (χ3v) is 6.68. The Morgan fingerprint density at radius 2 is 1.77 bits per heavy atom. The van der Waals surface area contributed by atoms with Gasteiger partial charge in [0.25, 0.3) is 0 Å². The molecular formula is C25H22FN5O3S. The van der Waals surface area contributed by atoms with Crippen LogP contribution in [0.1, 0.15) is 17.4 Å². The number of ether oxygens (including phenoxy) is 2. The van der Waals surface area contributed by atoms with Crippen LogP contribution in [0.15, 0.2) is 84.0 Å². The van der Waals surface area contributed by atoms with E-state index in [1.807, 2.05) is 54.6 Å². The predicted molar refractivity (Wildman–Crippen MR) is 131 cm³/mol. The van der Waals surface area contributed by atoms with Crippen LogP contribution in [0.2, 0.25) is 0 Å². The van der Waals surface area contributed by atoms with Crippen molar-refractivity contribution in [3.05, 3.63) is 96.1 Å². The lowest BCUT2D eigenvalue weighted by Crippen LogP contribution is -2.41. The number of methoxy groups -OCH3 is 1. The average molecular weight is 492 g/mol. The number of halogens is 1. The number of benzene rings is 3. The number of hydrogen-bond acceptors (Lipinski definition) is 7. The maximum absolute atomic E-state index is 13.3. The van der Waals surface area contributed by atoms with Gasteiger partial charge in [-0.1, -0.05) is 42.1 Å². The van der Waals surface area contributed by atoms with Crippen LogP contribution in [0.3, 0.4) is 0 Å². The van der Waals surface area contributed by atoms with E-state index in [-0.39, 0.29) is 18.3 Å². The van der Waals surface area contributed by atoms with Crippen LogP contribution in [-0.4, -0.2) is 33.1 Å². The van der Waals surface area contributed by atoms with Crippen molar-refractivity contribution >= 4 is 23.4 Å². The van der Waals surface area contributed by atoms with Crippen LogP contribution in [-0.2, 0) is 11.4 Å². The van der Waals surface area contributed by atoms with Crippen LogP contribution in [0.25, 0.3) is 0 Å². The van der Waals surface area contributed by atoms with Gasteiger partial charge in [0.2, 0.25) is 11.1 Å². The molecule has 5 rings (SSSR count). The van der Waals surface area contributed by atoms with Gasteiger partial charge in [0.1, 0.15) is 29.2 Å². The fourth-order valence-corrected chi connectivity index (χ4v) is 4.76. The van der Waals surface area contributed by atoms with E-state index in [9.17, 15) is 9.18 Å².